The van der Waals surface area contributed by atoms with Crippen LogP contribution < -0.4 is 14.8 Å². The van der Waals surface area contributed by atoms with E-state index in [4.69, 9.17) is 9.95 Å². The monoisotopic (exact) mass is 468 g/mol. The Kier molecular flexibility index (Phi) is 7.42. The fraction of sp³-hybridized carbons (Fsp3) is 0.345. The van der Waals surface area contributed by atoms with Gasteiger partial charge in [-0.3, -0.25) is 0 Å². The average Bonchev–Trinajstić information content (AvgIpc) is 2.87. The Balaban J connectivity index is 2.05. The van der Waals surface area contributed by atoms with Crippen molar-refractivity contribution in [2.24, 2.45) is 5.11 Å². The number of nitrogens with zero attached hydrogens (tertiary/aromatic N) is 5. The van der Waals surface area contributed by atoms with Gasteiger partial charge in [-0.25, -0.2) is 4.58 Å². The van der Waals surface area contributed by atoms with Crippen molar-refractivity contribution < 1.29 is 4.42 Å². The van der Waals surface area contributed by atoms with Crippen molar-refractivity contribution in [2.75, 3.05) is 31.1 Å². The summed E-state index contributed by atoms with van der Waals surface area (Å²) >= 11 is 0. The Morgan fingerprint density at radius 2 is 1.66 bits per heavy atom. The quantitative estimate of drug-likeness (QED) is 0.0920. The van der Waals surface area contributed by atoms with Crippen molar-refractivity contribution in [3.63, 3.8) is 0 Å². The van der Waals surface area contributed by atoms with Gasteiger partial charge < -0.3 is 9.32 Å². The molecule has 2 aromatic rings. The summed E-state index contributed by atoms with van der Waals surface area (Å²) in [7, 11) is 0. The maximum Gasteiger partial charge on any atom is 0.203 e. The van der Waals surface area contributed by atoms with Gasteiger partial charge in [0.05, 0.1) is 12.6 Å². The predicted molar refractivity (Wildman–Crippen MR) is 146 cm³/mol. The summed E-state index contributed by atoms with van der Waals surface area (Å²) in [5.74, 6) is 0.881. The first kappa shape index (κ1) is 24.4. The number of azide groups is 1. The number of hydrogen-bond acceptors (Lipinski definition) is 3. The summed E-state index contributed by atoms with van der Waals surface area (Å²) < 4.78 is 8.91. The van der Waals surface area contributed by atoms with Crippen LogP contribution in [0, 0.1) is 6.92 Å². The van der Waals surface area contributed by atoms with Crippen molar-refractivity contribution in [1.82, 2.24) is 4.58 Å². The molecule has 0 amide bonds. The van der Waals surface area contributed by atoms with E-state index in [2.05, 4.69) is 103 Å². The molecule has 180 valence electrons. The summed E-state index contributed by atoms with van der Waals surface area (Å²) in [5, 5.41) is 5.98. The normalized spacial score (nSPS) is 11.0. The molecular weight excluding hydrogens is 434 g/mol. The van der Waals surface area contributed by atoms with E-state index in [0.717, 1.165) is 76.2 Å². The Morgan fingerprint density at radius 1 is 0.914 bits per heavy atom. The van der Waals surface area contributed by atoms with E-state index < -0.39 is 0 Å². The van der Waals surface area contributed by atoms with Gasteiger partial charge in [0.2, 0.25) is 5.36 Å². The highest BCUT2D eigenvalue weighted by molar-refractivity contribution is 6.03. The third-order valence-corrected chi connectivity index (χ3v) is 6.82. The summed E-state index contributed by atoms with van der Waals surface area (Å²) in [6, 6.07) is 19.4. The van der Waals surface area contributed by atoms with Crippen LogP contribution in [0.5, 0.6) is 0 Å². The standard InChI is InChI=1S/C29H34N5O/c1-6-33(7-2)22-11-14-25-27(17-22)35-28-18-23(34(8-3)9-4)12-15-26(28)29(25)24-13-10-21(16-20(24)5)19-31-32-30/h10-18H,6-9,19H2,1-5H3/q+1. The highest BCUT2D eigenvalue weighted by atomic mass is 16.3. The van der Waals surface area contributed by atoms with Crippen molar-refractivity contribution in [1.29, 1.82) is 0 Å². The van der Waals surface area contributed by atoms with Crippen molar-refractivity contribution in [3.05, 3.63) is 81.5 Å². The van der Waals surface area contributed by atoms with Gasteiger partial charge in [0.25, 0.3) is 0 Å². The molecule has 0 saturated carbocycles. The molecule has 0 atom stereocenters. The van der Waals surface area contributed by atoms with Crippen LogP contribution in [-0.2, 0) is 6.54 Å². The summed E-state index contributed by atoms with van der Waals surface area (Å²) in [6.07, 6.45) is 0. The lowest BCUT2D eigenvalue weighted by atomic mass is 9.90. The van der Waals surface area contributed by atoms with E-state index in [1.807, 2.05) is 6.07 Å². The van der Waals surface area contributed by atoms with E-state index in [1.54, 1.807) is 0 Å². The number of benzene rings is 3. The molecule has 0 aromatic heterocycles. The molecule has 35 heavy (non-hydrogen) atoms. The lowest BCUT2D eigenvalue weighted by molar-refractivity contribution is 0.604. The van der Waals surface area contributed by atoms with Gasteiger partial charge in [0.1, 0.15) is 24.4 Å². The lowest BCUT2D eigenvalue weighted by Gasteiger charge is -2.22. The number of anilines is 1. The predicted octanol–water partition coefficient (Wildman–Crippen LogP) is 6.98. The SMILES string of the molecule is CCN(CC)c1ccc2c(-c3ccc(CN=[N+]=[N-])cc3C)c3ccc(=[N+](CC)CC)cc-3oc2c1. The fourth-order valence-corrected chi connectivity index (χ4v) is 4.95. The second-order valence-electron chi connectivity index (χ2n) is 8.72. The van der Waals surface area contributed by atoms with Gasteiger partial charge in [0, 0.05) is 52.3 Å². The zero-order valence-electron chi connectivity index (χ0n) is 21.4. The molecule has 0 fully saturated rings. The topological polar surface area (TPSA) is 68.2 Å². The smallest absolute Gasteiger partial charge is 0.203 e. The minimum Gasteiger partial charge on any atom is -0.456 e. The molecule has 2 aromatic carbocycles. The van der Waals surface area contributed by atoms with E-state index in [0.29, 0.717) is 6.54 Å². The van der Waals surface area contributed by atoms with Gasteiger partial charge in [-0.15, -0.1) is 0 Å². The third-order valence-electron chi connectivity index (χ3n) is 6.82. The first-order valence-electron chi connectivity index (χ1n) is 12.5. The van der Waals surface area contributed by atoms with E-state index in [-0.39, 0.29) is 0 Å². The Morgan fingerprint density at radius 3 is 2.31 bits per heavy atom. The zero-order valence-corrected chi connectivity index (χ0v) is 21.4. The maximum absolute atomic E-state index is 8.70. The Labute approximate surface area is 207 Å². The van der Waals surface area contributed by atoms with Crippen LogP contribution in [0.1, 0.15) is 38.8 Å². The van der Waals surface area contributed by atoms with Gasteiger partial charge in [-0.05, 0) is 75.0 Å². The van der Waals surface area contributed by atoms with Gasteiger partial charge in [-0.1, -0.05) is 23.3 Å². The van der Waals surface area contributed by atoms with Crippen LogP contribution >= 0.6 is 0 Å². The maximum atomic E-state index is 8.70. The number of aryl methyl sites for hydroxylation is 1. The molecule has 0 N–H and O–H groups in total. The second kappa shape index (κ2) is 10.7. The molecule has 4 rings (SSSR count). The van der Waals surface area contributed by atoms with Crippen LogP contribution in [0.15, 0.2) is 64.1 Å². The molecule has 1 heterocycles. The molecule has 0 radical (unpaired) electrons. The molecule has 0 spiro atoms. The first-order valence-corrected chi connectivity index (χ1v) is 12.5. The molecule has 6 heteroatoms. The number of hydrogen-bond donors (Lipinski definition) is 0. The molecule has 6 nitrogen and oxygen atoms in total. The molecule has 0 bridgehead atoms. The van der Waals surface area contributed by atoms with Crippen molar-refractivity contribution in [3.8, 4) is 22.5 Å². The van der Waals surface area contributed by atoms with Crippen LogP contribution in [-0.4, -0.2) is 26.2 Å². The van der Waals surface area contributed by atoms with Crippen molar-refractivity contribution >= 4 is 16.7 Å². The van der Waals surface area contributed by atoms with Gasteiger partial charge in [-0.2, -0.15) is 0 Å². The lowest BCUT2D eigenvalue weighted by Crippen LogP contribution is -2.29. The fourth-order valence-electron chi connectivity index (χ4n) is 4.95. The third kappa shape index (κ3) is 4.75. The molecule has 2 aliphatic rings. The second-order valence-corrected chi connectivity index (χ2v) is 8.72. The van der Waals surface area contributed by atoms with E-state index in [1.165, 1.54) is 5.56 Å². The van der Waals surface area contributed by atoms with Crippen LogP contribution in [0.4, 0.5) is 5.69 Å². The van der Waals surface area contributed by atoms with Crippen molar-refractivity contribution in [2.45, 2.75) is 41.2 Å². The highest BCUT2D eigenvalue weighted by Crippen LogP contribution is 2.42. The molecular formula is C29H34N5O+. The minimum absolute atomic E-state index is 0.351. The average molecular weight is 469 g/mol. The van der Waals surface area contributed by atoms with Crippen LogP contribution in [0.2, 0.25) is 0 Å². The minimum atomic E-state index is 0.351. The van der Waals surface area contributed by atoms with Crippen LogP contribution in [0.25, 0.3) is 43.9 Å². The molecule has 0 saturated heterocycles. The Hall–Kier alpha value is -3.76. The largest absolute Gasteiger partial charge is 0.456 e. The molecule has 1 aliphatic carbocycles. The summed E-state index contributed by atoms with van der Waals surface area (Å²) in [6.45, 7) is 14.9. The summed E-state index contributed by atoms with van der Waals surface area (Å²) in [4.78, 5) is 5.23. The highest BCUT2D eigenvalue weighted by Gasteiger charge is 2.20. The van der Waals surface area contributed by atoms with Gasteiger partial charge >= 0.3 is 0 Å². The summed E-state index contributed by atoms with van der Waals surface area (Å²) in [5.41, 5.74) is 16.3. The van der Waals surface area contributed by atoms with E-state index in [9.17, 15) is 0 Å². The zero-order chi connectivity index (χ0) is 24.9. The van der Waals surface area contributed by atoms with Gasteiger partial charge in [0.15, 0.2) is 0 Å². The number of fused-ring (bicyclic) bond motifs is 2. The van der Waals surface area contributed by atoms with E-state index >= 15 is 0 Å². The van der Waals surface area contributed by atoms with Crippen LogP contribution in [0.3, 0.4) is 0 Å². The molecule has 0 unspecified atom stereocenters. The number of rotatable bonds is 8. The first-order chi connectivity index (χ1) is 17.0. The molecule has 1 aliphatic heterocycles. The Bertz CT molecular complexity index is 1440.